The summed E-state index contributed by atoms with van der Waals surface area (Å²) in [5.41, 5.74) is 12.9. The molecule has 7 nitrogen and oxygen atoms in total. The van der Waals surface area contributed by atoms with Crippen molar-refractivity contribution in [2.75, 3.05) is 26.4 Å². The lowest BCUT2D eigenvalue weighted by molar-refractivity contribution is 0.122. The third-order valence-corrected chi connectivity index (χ3v) is 2.29. The highest BCUT2D eigenvalue weighted by Gasteiger charge is 1.94. The van der Waals surface area contributed by atoms with Crippen molar-refractivity contribution < 1.29 is 14.3 Å². The molecular weight excluding hydrogens is 236 g/mol. The number of azide groups is 1. The van der Waals surface area contributed by atoms with Gasteiger partial charge >= 0.3 is 6.09 Å². The van der Waals surface area contributed by atoms with Gasteiger partial charge in [-0.25, -0.2) is 4.79 Å². The maximum atomic E-state index is 10.2. The zero-order chi connectivity index (χ0) is 13.5. The Morgan fingerprint density at radius 1 is 1.06 bits per heavy atom. The Morgan fingerprint density at radius 3 is 2.28 bits per heavy atom. The van der Waals surface area contributed by atoms with Crippen LogP contribution in [0.25, 0.3) is 10.4 Å². The molecule has 0 heterocycles. The Bertz CT molecular complexity index is 243. The van der Waals surface area contributed by atoms with Gasteiger partial charge in [-0.3, -0.25) is 0 Å². The summed E-state index contributed by atoms with van der Waals surface area (Å²) in [6, 6.07) is 0. The Hall–Kier alpha value is -1.46. The van der Waals surface area contributed by atoms with Crippen LogP contribution >= 0.6 is 0 Å². The first-order valence-corrected chi connectivity index (χ1v) is 6.28. The second kappa shape index (κ2) is 13.6. The van der Waals surface area contributed by atoms with Crippen molar-refractivity contribution in [3.05, 3.63) is 10.4 Å². The van der Waals surface area contributed by atoms with Crippen LogP contribution in [0.2, 0.25) is 0 Å². The quantitative estimate of drug-likeness (QED) is 0.251. The lowest BCUT2D eigenvalue weighted by Gasteiger charge is -2.04. The maximum absolute atomic E-state index is 10.2. The Morgan fingerprint density at radius 2 is 1.67 bits per heavy atom. The summed E-state index contributed by atoms with van der Waals surface area (Å²) >= 11 is 0. The molecule has 18 heavy (non-hydrogen) atoms. The summed E-state index contributed by atoms with van der Waals surface area (Å²) in [6.45, 7) is 2.42. The zero-order valence-electron chi connectivity index (χ0n) is 10.7. The van der Waals surface area contributed by atoms with Crippen molar-refractivity contribution in [2.45, 2.75) is 38.5 Å². The van der Waals surface area contributed by atoms with Gasteiger partial charge in [0.25, 0.3) is 0 Å². The van der Waals surface area contributed by atoms with Crippen molar-refractivity contribution in [1.82, 2.24) is 0 Å². The largest absolute Gasteiger partial charge is 0.450 e. The molecule has 0 fully saturated rings. The molecule has 0 aromatic heterocycles. The molecule has 2 N–H and O–H groups in total. The number of amides is 1. The summed E-state index contributed by atoms with van der Waals surface area (Å²) in [5.74, 6) is 0. The molecule has 0 aliphatic rings. The van der Waals surface area contributed by atoms with E-state index in [9.17, 15) is 4.79 Å². The molecule has 0 aliphatic carbocycles. The summed E-state index contributed by atoms with van der Waals surface area (Å²) in [5, 5.41) is 3.45. The van der Waals surface area contributed by atoms with Crippen LogP contribution in [0.15, 0.2) is 5.11 Å². The Kier molecular flexibility index (Phi) is 12.5. The molecule has 0 saturated heterocycles. The minimum absolute atomic E-state index is 0.384. The van der Waals surface area contributed by atoms with Gasteiger partial charge in [-0.2, -0.15) is 0 Å². The number of nitrogens with zero attached hydrogens (tertiary/aromatic N) is 3. The third kappa shape index (κ3) is 14.5. The van der Waals surface area contributed by atoms with Gasteiger partial charge in [-0.15, -0.1) is 0 Å². The van der Waals surface area contributed by atoms with Crippen molar-refractivity contribution in [1.29, 1.82) is 0 Å². The van der Waals surface area contributed by atoms with E-state index in [-0.39, 0.29) is 0 Å². The van der Waals surface area contributed by atoms with Crippen molar-refractivity contribution >= 4 is 6.09 Å². The first-order chi connectivity index (χ1) is 8.77. The van der Waals surface area contributed by atoms with E-state index in [2.05, 4.69) is 14.8 Å². The first kappa shape index (κ1) is 16.5. The fourth-order valence-electron chi connectivity index (χ4n) is 1.37. The molecule has 0 atom stereocenters. The smallest absolute Gasteiger partial charge is 0.404 e. The number of primary amides is 1. The van der Waals surface area contributed by atoms with Crippen LogP contribution in [0.4, 0.5) is 4.79 Å². The fraction of sp³-hybridized carbons (Fsp3) is 0.909. The molecule has 0 unspecified atom stereocenters. The van der Waals surface area contributed by atoms with E-state index in [0.29, 0.717) is 13.2 Å². The summed E-state index contributed by atoms with van der Waals surface area (Å²) < 4.78 is 10.0. The van der Waals surface area contributed by atoms with E-state index >= 15 is 0 Å². The Labute approximate surface area is 107 Å². The van der Waals surface area contributed by atoms with E-state index in [1.54, 1.807) is 0 Å². The molecule has 0 bridgehead atoms. The number of nitrogens with two attached hydrogens (primary N) is 1. The Balaban J connectivity index is 2.98. The lowest BCUT2D eigenvalue weighted by Crippen LogP contribution is -2.13. The van der Waals surface area contributed by atoms with Crippen LogP contribution in [0, 0.1) is 0 Å². The van der Waals surface area contributed by atoms with Crippen LogP contribution in [0.1, 0.15) is 38.5 Å². The minimum Gasteiger partial charge on any atom is -0.450 e. The van der Waals surface area contributed by atoms with Crippen molar-refractivity contribution in [3.8, 4) is 0 Å². The minimum atomic E-state index is -0.716. The molecular formula is C11H22N4O3. The lowest BCUT2D eigenvalue weighted by atomic mass is 10.2. The van der Waals surface area contributed by atoms with Gasteiger partial charge in [-0.1, -0.05) is 11.5 Å². The van der Waals surface area contributed by atoms with Crippen LogP contribution in [0.3, 0.4) is 0 Å². The topological polar surface area (TPSA) is 110 Å². The van der Waals surface area contributed by atoms with Crippen LogP contribution in [-0.4, -0.2) is 32.5 Å². The SMILES string of the molecule is [N-]=[N+]=NCCCCCOCCCCCOC(N)=O. The van der Waals surface area contributed by atoms with Crippen molar-refractivity contribution in [3.63, 3.8) is 0 Å². The van der Waals surface area contributed by atoms with Crippen molar-refractivity contribution in [2.24, 2.45) is 10.8 Å². The number of carbonyl (C=O) groups is 1. The zero-order valence-corrected chi connectivity index (χ0v) is 10.7. The normalized spacial score (nSPS) is 9.78. The van der Waals surface area contributed by atoms with E-state index in [1.807, 2.05) is 0 Å². The molecule has 1 amide bonds. The number of hydrogen-bond donors (Lipinski definition) is 1. The van der Waals surface area contributed by atoms with Gasteiger partial charge in [-0.05, 0) is 37.6 Å². The van der Waals surface area contributed by atoms with Crippen LogP contribution < -0.4 is 5.73 Å². The molecule has 104 valence electrons. The molecule has 0 saturated carbocycles. The number of rotatable bonds is 12. The third-order valence-electron chi connectivity index (χ3n) is 2.29. The van der Waals surface area contributed by atoms with Gasteiger partial charge < -0.3 is 15.2 Å². The monoisotopic (exact) mass is 258 g/mol. The first-order valence-electron chi connectivity index (χ1n) is 6.28. The second-order valence-corrected chi connectivity index (χ2v) is 3.86. The average molecular weight is 258 g/mol. The molecule has 0 aromatic rings. The van der Waals surface area contributed by atoms with Gasteiger partial charge in [0.15, 0.2) is 0 Å². The average Bonchev–Trinajstić information content (AvgIpc) is 2.34. The highest BCUT2D eigenvalue weighted by Crippen LogP contribution is 1.99. The molecule has 0 aromatic carbocycles. The number of hydrogen-bond acceptors (Lipinski definition) is 4. The maximum Gasteiger partial charge on any atom is 0.404 e. The molecule has 0 rings (SSSR count). The molecule has 0 radical (unpaired) electrons. The molecule has 0 spiro atoms. The summed E-state index contributed by atoms with van der Waals surface area (Å²) in [4.78, 5) is 12.9. The predicted octanol–water partition coefficient (Wildman–Crippen LogP) is 2.75. The van der Waals surface area contributed by atoms with Gasteiger partial charge in [0.2, 0.25) is 0 Å². The van der Waals surface area contributed by atoms with Gasteiger partial charge in [0.05, 0.1) is 6.61 Å². The van der Waals surface area contributed by atoms with E-state index < -0.39 is 6.09 Å². The highest BCUT2D eigenvalue weighted by atomic mass is 16.5. The number of unbranched alkanes of at least 4 members (excludes halogenated alkanes) is 4. The standard InChI is InChI=1S/C11H22N4O3/c12-11(16)18-10-6-2-5-9-17-8-4-1-3-7-14-15-13/h1-10H2,(H2,12,16). The van der Waals surface area contributed by atoms with E-state index in [4.69, 9.17) is 16.0 Å². The van der Waals surface area contributed by atoms with Crippen LogP contribution in [0.5, 0.6) is 0 Å². The van der Waals surface area contributed by atoms with E-state index in [1.165, 1.54) is 0 Å². The number of ether oxygens (including phenoxy) is 2. The molecule has 0 aliphatic heterocycles. The summed E-state index contributed by atoms with van der Waals surface area (Å²) in [7, 11) is 0. The predicted molar refractivity (Wildman–Crippen MR) is 68.1 cm³/mol. The van der Waals surface area contributed by atoms with Gasteiger partial charge in [0.1, 0.15) is 0 Å². The second-order valence-electron chi connectivity index (χ2n) is 3.86. The highest BCUT2D eigenvalue weighted by molar-refractivity contribution is 5.64. The summed E-state index contributed by atoms with van der Waals surface area (Å²) in [6.07, 6.45) is 4.95. The van der Waals surface area contributed by atoms with Gasteiger partial charge in [0, 0.05) is 24.7 Å². The number of carbonyl (C=O) groups excluding carboxylic acids is 1. The van der Waals surface area contributed by atoms with Crippen LogP contribution in [-0.2, 0) is 9.47 Å². The molecule has 7 heteroatoms. The van der Waals surface area contributed by atoms with E-state index in [0.717, 1.165) is 51.7 Å². The fourth-order valence-corrected chi connectivity index (χ4v) is 1.37.